The molecule has 1 aromatic rings. The van der Waals surface area contributed by atoms with Gasteiger partial charge >= 0.3 is 0 Å². The van der Waals surface area contributed by atoms with Crippen LogP contribution >= 0.6 is 0 Å². The summed E-state index contributed by atoms with van der Waals surface area (Å²) in [5.41, 5.74) is 0.968. The smallest absolute Gasteiger partial charge is 0.241 e. The van der Waals surface area contributed by atoms with Gasteiger partial charge in [-0.3, -0.25) is 9.48 Å². The van der Waals surface area contributed by atoms with Gasteiger partial charge in [0.25, 0.3) is 0 Å². The molecule has 1 fully saturated rings. The van der Waals surface area contributed by atoms with Crippen LogP contribution in [0.25, 0.3) is 0 Å². The van der Waals surface area contributed by atoms with Gasteiger partial charge in [-0.2, -0.15) is 5.10 Å². The normalized spacial score (nSPS) is 16.7. The minimum absolute atomic E-state index is 0.0454. The third-order valence-electron chi connectivity index (χ3n) is 3.28. The van der Waals surface area contributed by atoms with Crippen LogP contribution in [0.5, 0.6) is 0 Å². The van der Waals surface area contributed by atoms with E-state index >= 15 is 0 Å². The Hall–Kier alpha value is -1.52. The molecule has 1 heterocycles. The fourth-order valence-electron chi connectivity index (χ4n) is 1.60. The summed E-state index contributed by atoms with van der Waals surface area (Å²) in [7, 11) is 0. The number of carbonyl (C=O) groups excluding carboxylic acids is 1. The third-order valence-corrected chi connectivity index (χ3v) is 3.28. The van der Waals surface area contributed by atoms with Crippen molar-refractivity contribution in [1.82, 2.24) is 15.1 Å². The van der Waals surface area contributed by atoms with E-state index in [4.69, 9.17) is 0 Å². The van der Waals surface area contributed by atoms with Crippen LogP contribution in [0.15, 0.2) is 12.4 Å². The molecule has 100 valence electrons. The first-order valence-corrected chi connectivity index (χ1v) is 6.63. The lowest BCUT2D eigenvalue weighted by molar-refractivity contribution is -0.122. The van der Waals surface area contributed by atoms with E-state index < -0.39 is 0 Å². The van der Waals surface area contributed by atoms with Crippen LogP contribution in [0.4, 0.5) is 5.69 Å². The molecule has 1 atom stereocenters. The summed E-state index contributed by atoms with van der Waals surface area (Å²) in [6, 6.07) is 0.801. The second kappa shape index (κ2) is 5.42. The van der Waals surface area contributed by atoms with Crippen LogP contribution in [-0.2, 0) is 11.3 Å². The lowest BCUT2D eigenvalue weighted by atomic mass is 10.1. The van der Waals surface area contributed by atoms with Crippen LogP contribution in [0.3, 0.4) is 0 Å². The van der Waals surface area contributed by atoms with Gasteiger partial charge in [0, 0.05) is 18.3 Å². The molecule has 1 amide bonds. The van der Waals surface area contributed by atoms with Crippen molar-refractivity contribution in [3.05, 3.63) is 12.4 Å². The van der Waals surface area contributed by atoms with Gasteiger partial charge in [-0.15, -0.1) is 0 Å². The van der Waals surface area contributed by atoms with Gasteiger partial charge in [-0.25, -0.2) is 0 Å². The number of hydrogen-bond acceptors (Lipinski definition) is 3. The topological polar surface area (TPSA) is 59.0 Å². The van der Waals surface area contributed by atoms with Crippen LogP contribution < -0.4 is 10.6 Å². The Labute approximate surface area is 108 Å². The van der Waals surface area contributed by atoms with Gasteiger partial charge in [-0.05, 0) is 25.7 Å². The molecule has 5 heteroatoms. The summed E-state index contributed by atoms with van der Waals surface area (Å²) in [5.74, 6) is 0.607. The van der Waals surface area contributed by atoms with Gasteiger partial charge in [-0.1, -0.05) is 13.8 Å². The van der Waals surface area contributed by atoms with E-state index in [1.54, 1.807) is 10.9 Å². The number of nitrogens with zero attached hydrogens (tertiary/aromatic N) is 2. The number of rotatable bonds is 6. The molecule has 1 aromatic heterocycles. The summed E-state index contributed by atoms with van der Waals surface area (Å²) < 4.78 is 1.67. The summed E-state index contributed by atoms with van der Waals surface area (Å²) in [6.45, 7) is 6.78. The van der Waals surface area contributed by atoms with E-state index in [0.29, 0.717) is 24.5 Å². The third kappa shape index (κ3) is 3.75. The lowest BCUT2D eigenvalue weighted by Gasteiger charge is -2.16. The molecule has 2 N–H and O–H groups in total. The average molecular weight is 250 g/mol. The molecular weight excluding hydrogens is 228 g/mol. The summed E-state index contributed by atoms with van der Waals surface area (Å²) in [4.78, 5) is 11.6. The van der Waals surface area contributed by atoms with Gasteiger partial charge in [0.05, 0.1) is 11.9 Å². The second-order valence-electron chi connectivity index (χ2n) is 5.45. The summed E-state index contributed by atoms with van der Waals surface area (Å²) in [6.07, 6.45) is 5.88. The Bertz CT molecular complexity index is 409. The van der Waals surface area contributed by atoms with Crippen LogP contribution in [0.2, 0.25) is 0 Å². The molecule has 18 heavy (non-hydrogen) atoms. The van der Waals surface area contributed by atoms with Crippen molar-refractivity contribution < 1.29 is 4.79 Å². The monoisotopic (exact) mass is 250 g/mol. The number of hydrogen-bond donors (Lipinski definition) is 2. The quantitative estimate of drug-likeness (QED) is 0.806. The fraction of sp³-hybridized carbons (Fsp3) is 0.692. The van der Waals surface area contributed by atoms with E-state index in [-0.39, 0.29) is 5.91 Å². The number of anilines is 1. The maximum Gasteiger partial charge on any atom is 0.241 e. The molecule has 1 aliphatic rings. The molecule has 1 unspecified atom stereocenters. The van der Waals surface area contributed by atoms with Crippen molar-refractivity contribution in [2.24, 2.45) is 5.92 Å². The van der Waals surface area contributed by atoms with Crippen molar-refractivity contribution in [1.29, 1.82) is 0 Å². The van der Waals surface area contributed by atoms with Crippen LogP contribution in [-0.4, -0.2) is 27.8 Å². The van der Waals surface area contributed by atoms with E-state index in [1.807, 2.05) is 6.20 Å². The van der Waals surface area contributed by atoms with Crippen LogP contribution in [0, 0.1) is 5.92 Å². The predicted octanol–water partition coefficient (Wildman–Crippen LogP) is 1.62. The zero-order chi connectivity index (χ0) is 13.1. The molecule has 0 saturated heterocycles. The first-order chi connectivity index (χ1) is 8.54. The molecule has 5 nitrogen and oxygen atoms in total. The average Bonchev–Trinajstić information content (AvgIpc) is 2.99. The van der Waals surface area contributed by atoms with E-state index in [9.17, 15) is 4.79 Å². The highest BCUT2D eigenvalue weighted by molar-refractivity contribution is 5.76. The summed E-state index contributed by atoms with van der Waals surface area (Å²) >= 11 is 0. The molecule has 0 aliphatic heterocycles. The van der Waals surface area contributed by atoms with Crippen molar-refractivity contribution in [3.63, 3.8) is 0 Å². The van der Waals surface area contributed by atoms with Gasteiger partial charge in [0.15, 0.2) is 0 Å². The van der Waals surface area contributed by atoms with E-state index in [1.165, 1.54) is 0 Å². The van der Waals surface area contributed by atoms with Gasteiger partial charge < -0.3 is 10.6 Å². The fourth-order valence-corrected chi connectivity index (χ4v) is 1.60. The van der Waals surface area contributed by atoms with Crippen molar-refractivity contribution in [2.45, 2.75) is 52.2 Å². The molecule has 1 aliphatic carbocycles. The molecular formula is C13H22N4O. The number of aromatic nitrogens is 2. The first-order valence-electron chi connectivity index (χ1n) is 6.63. The maximum atomic E-state index is 11.6. The predicted molar refractivity (Wildman–Crippen MR) is 71.3 cm³/mol. The molecule has 2 rings (SSSR count). The highest BCUT2D eigenvalue weighted by Crippen LogP contribution is 2.18. The van der Waals surface area contributed by atoms with Crippen molar-refractivity contribution in [2.75, 3.05) is 5.32 Å². The minimum Gasteiger partial charge on any atom is -0.380 e. The number of amides is 1. The maximum absolute atomic E-state index is 11.6. The Morgan fingerprint density at radius 1 is 1.50 bits per heavy atom. The van der Waals surface area contributed by atoms with Crippen LogP contribution in [0.1, 0.15) is 33.6 Å². The second-order valence-corrected chi connectivity index (χ2v) is 5.45. The zero-order valence-corrected chi connectivity index (χ0v) is 11.3. The summed E-state index contributed by atoms with van der Waals surface area (Å²) in [5, 5.41) is 10.5. The first kappa shape index (κ1) is 12.9. The van der Waals surface area contributed by atoms with E-state index in [2.05, 4.69) is 36.5 Å². The van der Waals surface area contributed by atoms with Gasteiger partial charge in [0.2, 0.25) is 5.91 Å². The molecule has 0 spiro atoms. The lowest BCUT2D eigenvalue weighted by Crippen LogP contribution is -2.29. The number of carbonyl (C=O) groups is 1. The molecule has 0 radical (unpaired) electrons. The Kier molecular flexibility index (Phi) is 3.89. The van der Waals surface area contributed by atoms with Gasteiger partial charge in [0.1, 0.15) is 6.54 Å². The zero-order valence-electron chi connectivity index (χ0n) is 11.3. The molecule has 0 bridgehead atoms. The Morgan fingerprint density at radius 3 is 2.83 bits per heavy atom. The minimum atomic E-state index is 0.0454. The van der Waals surface area contributed by atoms with Crippen molar-refractivity contribution in [3.8, 4) is 0 Å². The highest BCUT2D eigenvalue weighted by Gasteiger charge is 2.23. The number of nitrogens with one attached hydrogen (secondary N) is 2. The standard InChI is InChI=1S/C13H22N4O/c1-9(2)10(3)15-12-6-14-17(7-12)8-13(18)16-11-4-5-11/h6-7,9-11,15H,4-5,8H2,1-3H3,(H,16,18). The largest absolute Gasteiger partial charge is 0.380 e. The van der Waals surface area contributed by atoms with E-state index in [0.717, 1.165) is 18.5 Å². The van der Waals surface area contributed by atoms with Crippen molar-refractivity contribution >= 4 is 11.6 Å². The Balaban J connectivity index is 1.83. The highest BCUT2D eigenvalue weighted by atomic mass is 16.2. The molecule has 1 saturated carbocycles. The molecule has 0 aromatic carbocycles. The Morgan fingerprint density at radius 2 is 2.22 bits per heavy atom. The SMILES string of the molecule is CC(C)C(C)Nc1cnn(CC(=O)NC2CC2)c1.